The molecule has 1 unspecified atom stereocenters. The monoisotopic (exact) mass is 259 g/mol. The molecule has 0 spiro atoms. The number of aryl methyl sites for hydroxylation is 1. The van der Waals surface area contributed by atoms with E-state index in [1.165, 1.54) is 0 Å². The van der Waals surface area contributed by atoms with E-state index < -0.39 is 0 Å². The molecule has 17 heavy (non-hydrogen) atoms. The number of halogens is 1. The third-order valence-electron chi connectivity index (χ3n) is 2.51. The van der Waals surface area contributed by atoms with Crippen LogP contribution in [-0.4, -0.2) is 29.0 Å². The highest BCUT2D eigenvalue weighted by Gasteiger charge is 2.19. The van der Waals surface area contributed by atoms with Crippen LogP contribution < -0.4 is 5.32 Å². The molecule has 0 radical (unpaired) electrons. The molecule has 5 heteroatoms. The molecule has 1 heterocycles. The number of rotatable bonds is 7. The average molecular weight is 260 g/mol. The highest BCUT2D eigenvalue weighted by Crippen LogP contribution is 2.23. The number of nitrogens with zero attached hydrogens (tertiary/aromatic N) is 2. The van der Waals surface area contributed by atoms with E-state index in [0.29, 0.717) is 11.6 Å². The second-order valence-corrected chi connectivity index (χ2v) is 4.59. The predicted molar refractivity (Wildman–Crippen MR) is 70.4 cm³/mol. The van der Waals surface area contributed by atoms with Crippen LogP contribution in [0.2, 0.25) is 5.02 Å². The molecule has 0 fully saturated rings. The van der Waals surface area contributed by atoms with Gasteiger partial charge in [-0.3, -0.25) is 4.68 Å². The first-order valence-electron chi connectivity index (χ1n) is 6.16. The maximum absolute atomic E-state index is 6.19. The minimum absolute atomic E-state index is 0.0948. The number of aromatic nitrogens is 2. The molecular formula is C12H22ClN3O. The van der Waals surface area contributed by atoms with Crippen molar-refractivity contribution in [2.24, 2.45) is 0 Å². The van der Waals surface area contributed by atoms with E-state index in [2.05, 4.69) is 24.3 Å². The summed E-state index contributed by atoms with van der Waals surface area (Å²) in [7, 11) is 0. The van der Waals surface area contributed by atoms with Crippen LogP contribution >= 0.6 is 11.6 Å². The number of likely N-dealkylation sites (N-methyl/N-ethyl adjacent to an activating group) is 1. The molecule has 0 aromatic carbocycles. The Morgan fingerprint density at radius 2 is 2.18 bits per heavy atom. The van der Waals surface area contributed by atoms with Crippen LogP contribution in [-0.2, 0) is 11.3 Å². The lowest BCUT2D eigenvalue weighted by Crippen LogP contribution is -2.29. The summed E-state index contributed by atoms with van der Waals surface area (Å²) in [6, 6.07) is 0.0948. The molecule has 0 saturated carbocycles. The molecule has 0 bridgehead atoms. The van der Waals surface area contributed by atoms with E-state index in [1.54, 1.807) is 6.20 Å². The van der Waals surface area contributed by atoms with Crippen molar-refractivity contribution < 1.29 is 4.74 Å². The van der Waals surface area contributed by atoms with Gasteiger partial charge in [-0.15, -0.1) is 0 Å². The highest BCUT2D eigenvalue weighted by molar-refractivity contribution is 6.31. The fraction of sp³-hybridized carbons (Fsp3) is 0.750. The van der Waals surface area contributed by atoms with Crippen molar-refractivity contribution in [3.8, 4) is 0 Å². The van der Waals surface area contributed by atoms with Gasteiger partial charge in [0.15, 0.2) is 0 Å². The lowest BCUT2D eigenvalue weighted by Gasteiger charge is -2.21. The molecule has 0 saturated heterocycles. The van der Waals surface area contributed by atoms with Gasteiger partial charge in [0, 0.05) is 6.54 Å². The predicted octanol–water partition coefficient (Wildman–Crippen LogP) is 2.63. The van der Waals surface area contributed by atoms with Crippen molar-refractivity contribution in [3.05, 3.63) is 16.9 Å². The van der Waals surface area contributed by atoms with Crippen LogP contribution in [0.3, 0.4) is 0 Å². The fourth-order valence-electron chi connectivity index (χ4n) is 1.74. The first-order valence-corrected chi connectivity index (χ1v) is 6.54. The summed E-state index contributed by atoms with van der Waals surface area (Å²) in [5.41, 5.74) is 1.01. The molecular weight excluding hydrogens is 238 g/mol. The normalized spacial score (nSPS) is 13.3. The molecule has 1 N–H and O–H groups in total. The van der Waals surface area contributed by atoms with Gasteiger partial charge in [0.1, 0.15) is 0 Å². The molecule has 1 atom stereocenters. The third kappa shape index (κ3) is 3.98. The number of hydrogen-bond donors (Lipinski definition) is 1. The van der Waals surface area contributed by atoms with Crippen molar-refractivity contribution in [1.29, 1.82) is 0 Å². The van der Waals surface area contributed by atoms with Crippen LogP contribution in [0.25, 0.3) is 0 Å². The lowest BCUT2D eigenvalue weighted by molar-refractivity contribution is 0.0597. The lowest BCUT2D eigenvalue weighted by atomic mass is 10.2. The van der Waals surface area contributed by atoms with Crippen LogP contribution in [0.5, 0.6) is 0 Å². The molecule has 0 aliphatic heterocycles. The van der Waals surface area contributed by atoms with Gasteiger partial charge in [-0.1, -0.05) is 18.5 Å². The second-order valence-electron chi connectivity index (χ2n) is 4.19. The maximum Gasteiger partial charge on any atom is 0.0835 e. The molecule has 1 rings (SSSR count). The summed E-state index contributed by atoms with van der Waals surface area (Å²) < 4.78 is 7.59. The van der Waals surface area contributed by atoms with Gasteiger partial charge in [-0.2, -0.15) is 5.10 Å². The average Bonchev–Trinajstić information content (AvgIpc) is 2.65. The van der Waals surface area contributed by atoms with Gasteiger partial charge in [-0.05, 0) is 27.3 Å². The van der Waals surface area contributed by atoms with E-state index in [0.717, 1.165) is 18.8 Å². The topological polar surface area (TPSA) is 39.1 Å². The summed E-state index contributed by atoms with van der Waals surface area (Å²) in [5.74, 6) is 0. The van der Waals surface area contributed by atoms with E-state index >= 15 is 0 Å². The Kier molecular flexibility index (Phi) is 5.95. The summed E-state index contributed by atoms with van der Waals surface area (Å²) >= 11 is 6.19. The van der Waals surface area contributed by atoms with Crippen molar-refractivity contribution >= 4 is 11.6 Å². The summed E-state index contributed by atoms with van der Waals surface area (Å²) in [5, 5.41) is 8.34. The third-order valence-corrected chi connectivity index (χ3v) is 2.80. The van der Waals surface area contributed by atoms with Crippen LogP contribution in [0.1, 0.15) is 39.4 Å². The molecule has 0 amide bonds. The minimum atomic E-state index is 0.0948. The van der Waals surface area contributed by atoms with E-state index in [9.17, 15) is 0 Å². The molecule has 4 nitrogen and oxygen atoms in total. The Bertz CT molecular complexity index is 338. The molecule has 1 aromatic rings. The van der Waals surface area contributed by atoms with Gasteiger partial charge in [-0.25, -0.2) is 0 Å². The molecule has 98 valence electrons. The Morgan fingerprint density at radius 1 is 1.47 bits per heavy atom. The summed E-state index contributed by atoms with van der Waals surface area (Å²) in [6.07, 6.45) is 1.91. The fourth-order valence-corrected chi connectivity index (χ4v) is 2.01. The minimum Gasteiger partial charge on any atom is -0.377 e. The van der Waals surface area contributed by atoms with Crippen molar-refractivity contribution in [2.75, 3.05) is 13.2 Å². The van der Waals surface area contributed by atoms with Gasteiger partial charge >= 0.3 is 0 Å². The zero-order valence-corrected chi connectivity index (χ0v) is 11.8. The second kappa shape index (κ2) is 6.99. The highest BCUT2D eigenvalue weighted by atomic mass is 35.5. The standard InChI is InChI=1S/C12H22ClN3O/c1-5-14-11(8-17-9(3)4)12-10(13)7-15-16(12)6-2/h7,9,11,14H,5-6,8H2,1-4H3. The van der Waals surface area contributed by atoms with Crippen LogP contribution in [0.4, 0.5) is 0 Å². The number of hydrogen-bond acceptors (Lipinski definition) is 3. The zero-order chi connectivity index (χ0) is 12.8. The number of nitrogens with one attached hydrogen (secondary N) is 1. The SMILES string of the molecule is CCNC(COC(C)C)c1c(Cl)cnn1CC. The quantitative estimate of drug-likeness (QED) is 0.818. The van der Waals surface area contributed by atoms with Crippen molar-refractivity contribution in [2.45, 2.75) is 46.4 Å². The largest absolute Gasteiger partial charge is 0.377 e. The molecule has 0 aliphatic carbocycles. The first-order chi connectivity index (χ1) is 8.10. The molecule has 1 aromatic heterocycles. The Balaban J connectivity index is 2.84. The van der Waals surface area contributed by atoms with Crippen molar-refractivity contribution in [1.82, 2.24) is 15.1 Å². The summed E-state index contributed by atoms with van der Waals surface area (Å²) in [6.45, 7) is 10.5. The van der Waals surface area contributed by atoms with E-state index in [-0.39, 0.29) is 12.1 Å². The van der Waals surface area contributed by atoms with Crippen LogP contribution in [0.15, 0.2) is 6.20 Å². The van der Waals surface area contributed by atoms with Gasteiger partial charge < -0.3 is 10.1 Å². The summed E-state index contributed by atoms with van der Waals surface area (Å²) in [4.78, 5) is 0. The van der Waals surface area contributed by atoms with E-state index in [1.807, 2.05) is 18.5 Å². The van der Waals surface area contributed by atoms with Gasteiger partial charge in [0.25, 0.3) is 0 Å². The van der Waals surface area contributed by atoms with E-state index in [4.69, 9.17) is 16.3 Å². The smallest absolute Gasteiger partial charge is 0.0835 e. The van der Waals surface area contributed by atoms with Gasteiger partial charge in [0.05, 0.1) is 35.7 Å². The molecule has 0 aliphatic rings. The van der Waals surface area contributed by atoms with Gasteiger partial charge in [0.2, 0.25) is 0 Å². The van der Waals surface area contributed by atoms with Crippen molar-refractivity contribution in [3.63, 3.8) is 0 Å². The first kappa shape index (κ1) is 14.5. The number of ether oxygens (including phenoxy) is 1. The Labute approximate surface area is 108 Å². The van der Waals surface area contributed by atoms with Crippen LogP contribution in [0, 0.1) is 0 Å². The maximum atomic E-state index is 6.19. The Morgan fingerprint density at radius 3 is 2.71 bits per heavy atom. The Hall–Kier alpha value is -0.580. The zero-order valence-electron chi connectivity index (χ0n) is 11.0.